The van der Waals surface area contributed by atoms with Crippen molar-refractivity contribution in [2.45, 2.75) is 26.7 Å². The summed E-state index contributed by atoms with van der Waals surface area (Å²) in [6.07, 6.45) is 1.63. The van der Waals surface area contributed by atoms with Crippen LogP contribution in [0.3, 0.4) is 0 Å². The largest absolute Gasteiger partial charge is 0.423 e. The molecule has 1 amide bonds. The van der Waals surface area contributed by atoms with Crippen LogP contribution in [-0.4, -0.2) is 28.3 Å². The van der Waals surface area contributed by atoms with Crippen molar-refractivity contribution in [2.24, 2.45) is 0 Å². The molecule has 0 atom stereocenters. The van der Waals surface area contributed by atoms with E-state index in [2.05, 4.69) is 5.32 Å². The van der Waals surface area contributed by atoms with Gasteiger partial charge >= 0.3 is 11.6 Å². The van der Waals surface area contributed by atoms with Crippen LogP contribution in [0.2, 0.25) is 0 Å². The summed E-state index contributed by atoms with van der Waals surface area (Å²) in [6, 6.07) is 7.15. The SMILES string of the molecule is CCCCNC(=O)c1cc2ccc(OC(=O)c3cc([N+](=O)[O-])c(C)c([N+](=O)[O-])c3)cc2oc1=O. The van der Waals surface area contributed by atoms with Crippen LogP contribution >= 0.6 is 0 Å². The average Bonchev–Trinajstić information content (AvgIpc) is 2.78. The van der Waals surface area contributed by atoms with Gasteiger partial charge in [-0.3, -0.25) is 25.0 Å². The number of hydrogen-bond donors (Lipinski definition) is 1. The number of unbranched alkanes of at least 4 members (excludes halogenated alkanes) is 1. The zero-order valence-corrected chi connectivity index (χ0v) is 18.2. The van der Waals surface area contributed by atoms with Crippen LogP contribution in [0.5, 0.6) is 5.75 Å². The number of nitro benzene ring substituents is 2. The number of hydrogen-bond acceptors (Lipinski definition) is 9. The highest BCUT2D eigenvalue weighted by Crippen LogP contribution is 2.30. The molecule has 0 aliphatic heterocycles. The van der Waals surface area contributed by atoms with E-state index in [1.54, 1.807) is 0 Å². The molecule has 0 radical (unpaired) electrons. The number of benzene rings is 2. The standard InChI is InChI=1S/C22H19N3O9/c1-3-4-7-23-20(26)16-8-13-5-6-15(11-19(13)34-22(16)28)33-21(27)14-9-17(24(29)30)12(2)18(10-14)25(31)32/h5-6,8-11H,3-4,7H2,1-2H3,(H,23,26). The Morgan fingerprint density at radius 3 is 2.29 bits per heavy atom. The van der Waals surface area contributed by atoms with Crippen LogP contribution in [0.4, 0.5) is 11.4 Å². The average molecular weight is 469 g/mol. The van der Waals surface area contributed by atoms with Gasteiger partial charge in [-0.05, 0) is 31.5 Å². The monoisotopic (exact) mass is 469 g/mol. The third kappa shape index (κ3) is 5.06. The van der Waals surface area contributed by atoms with E-state index >= 15 is 0 Å². The van der Waals surface area contributed by atoms with Gasteiger partial charge in [0, 0.05) is 30.1 Å². The van der Waals surface area contributed by atoms with Gasteiger partial charge in [-0.2, -0.15) is 0 Å². The molecule has 0 bridgehead atoms. The lowest BCUT2D eigenvalue weighted by atomic mass is 10.1. The minimum Gasteiger partial charge on any atom is -0.423 e. The molecule has 12 heteroatoms. The normalized spacial score (nSPS) is 10.6. The number of esters is 1. The molecule has 2 aromatic carbocycles. The van der Waals surface area contributed by atoms with Crippen LogP contribution < -0.4 is 15.7 Å². The number of nitrogens with zero attached hydrogens (tertiary/aromatic N) is 2. The lowest BCUT2D eigenvalue weighted by Gasteiger charge is -2.08. The maximum absolute atomic E-state index is 12.5. The first-order valence-electron chi connectivity index (χ1n) is 10.1. The smallest absolute Gasteiger partial charge is 0.349 e. The molecule has 0 aliphatic carbocycles. The number of nitro groups is 2. The Labute approximate surface area is 191 Å². The Bertz CT molecular complexity index is 1340. The molecule has 12 nitrogen and oxygen atoms in total. The lowest BCUT2D eigenvalue weighted by Crippen LogP contribution is -2.28. The van der Waals surface area contributed by atoms with E-state index in [1.807, 2.05) is 6.92 Å². The van der Waals surface area contributed by atoms with Gasteiger partial charge in [-0.15, -0.1) is 0 Å². The Hall–Kier alpha value is -4.61. The third-order valence-corrected chi connectivity index (χ3v) is 4.96. The number of carbonyl (C=O) groups excluding carboxylic acids is 2. The molecule has 176 valence electrons. The number of amides is 1. The number of nitrogens with one attached hydrogen (secondary N) is 1. The van der Waals surface area contributed by atoms with E-state index in [4.69, 9.17) is 9.15 Å². The summed E-state index contributed by atoms with van der Waals surface area (Å²) in [7, 11) is 0. The van der Waals surface area contributed by atoms with Crippen molar-refractivity contribution in [3.05, 3.63) is 83.7 Å². The van der Waals surface area contributed by atoms with Crippen LogP contribution in [0, 0.1) is 27.2 Å². The number of carbonyl (C=O) groups is 2. The van der Waals surface area contributed by atoms with Gasteiger partial charge in [0.2, 0.25) is 0 Å². The molecule has 0 spiro atoms. The van der Waals surface area contributed by atoms with Crippen molar-refractivity contribution in [2.75, 3.05) is 6.54 Å². The Balaban J connectivity index is 1.89. The van der Waals surface area contributed by atoms with E-state index in [9.17, 15) is 34.6 Å². The summed E-state index contributed by atoms with van der Waals surface area (Å²) in [4.78, 5) is 57.7. The highest BCUT2D eigenvalue weighted by atomic mass is 16.6. The molecule has 0 saturated heterocycles. The van der Waals surface area contributed by atoms with Gasteiger partial charge in [0.1, 0.15) is 22.5 Å². The number of ether oxygens (including phenoxy) is 1. The summed E-state index contributed by atoms with van der Waals surface area (Å²) in [5.74, 6) is -1.73. The quantitative estimate of drug-likeness (QED) is 0.129. The molecule has 1 heterocycles. The van der Waals surface area contributed by atoms with Gasteiger partial charge in [0.05, 0.1) is 15.4 Å². The predicted octanol–water partition coefficient (Wildman–Crippen LogP) is 3.67. The first-order valence-corrected chi connectivity index (χ1v) is 10.1. The molecule has 0 saturated carbocycles. The van der Waals surface area contributed by atoms with Crippen molar-refractivity contribution in [1.29, 1.82) is 0 Å². The Morgan fingerprint density at radius 1 is 1.06 bits per heavy atom. The van der Waals surface area contributed by atoms with E-state index in [-0.39, 0.29) is 22.5 Å². The summed E-state index contributed by atoms with van der Waals surface area (Å²) >= 11 is 0. The van der Waals surface area contributed by atoms with Crippen LogP contribution in [-0.2, 0) is 0 Å². The fraction of sp³-hybridized carbons (Fsp3) is 0.227. The minimum atomic E-state index is -1.08. The molecule has 3 rings (SSSR count). The van der Waals surface area contributed by atoms with Crippen LogP contribution in [0.25, 0.3) is 11.0 Å². The van der Waals surface area contributed by atoms with E-state index in [0.29, 0.717) is 11.9 Å². The molecule has 1 N–H and O–H groups in total. The van der Waals surface area contributed by atoms with Crippen molar-refractivity contribution < 1.29 is 28.6 Å². The fourth-order valence-electron chi connectivity index (χ4n) is 3.13. The first-order chi connectivity index (χ1) is 16.1. The molecule has 3 aromatic rings. The van der Waals surface area contributed by atoms with Crippen molar-refractivity contribution in [1.82, 2.24) is 5.32 Å². The fourth-order valence-corrected chi connectivity index (χ4v) is 3.13. The molecule has 0 fully saturated rings. The van der Waals surface area contributed by atoms with Crippen molar-refractivity contribution in [3.8, 4) is 5.75 Å². The summed E-state index contributed by atoms with van der Waals surface area (Å²) in [5, 5.41) is 25.5. The molecule has 0 aliphatic rings. The van der Waals surface area contributed by atoms with E-state index in [0.717, 1.165) is 25.0 Å². The lowest BCUT2D eigenvalue weighted by molar-refractivity contribution is -0.395. The first kappa shape index (κ1) is 24.0. The van der Waals surface area contributed by atoms with Crippen LogP contribution in [0.15, 0.2) is 45.6 Å². The van der Waals surface area contributed by atoms with Crippen molar-refractivity contribution in [3.63, 3.8) is 0 Å². The summed E-state index contributed by atoms with van der Waals surface area (Å²) in [6.45, 7) is 3.58. The minimum absolute atomic E-state index is 0.0290. The van der Waals surface area contributed by atoms with Gasteiger partial charge in [-0.25, -0.2) is 9.59 Å². The number of fused-ring (bicyclic) bond motifs is 1. The Kier molecular flexibility index (Phi) is 7.00. The van der Waals surface area contributed by atoms with Crippen molar-refractivity contribution >= 4 is 34.2 Å². The predicted molar refractivity (Wildman–Crippen MR) is 119 cm³/mol. The van der Waals surface area contributed by atoms with E-state index < -0.39 is 44.3 Å². The zero-order chi connectivity index (χ0) is 25.0. The maximum atomic E-state index is 12.5. The second-order valence-corrected chi connectivity index (χ2v) is 7.30. The van der Waals surface area contributed by atoms with Crippen LogP contribution in [0.1, 0.15) is 46.0 Å². The van der Waals surface area contributed by atoms with Gasteiger partial charge in [0.25, 0.3) is 17.3 Å². The second-order valence-electron chi connectivity index (χ2n) is 7.30. The highest BCUT2D eigenvalue weighted by Gasteiger charge is 2.26. The third-order valence-electron chi connectivity index (χ3n) is 4.96. The zero-order valence-electron chi connectivity index (χ0n) is 18.2. The maximum Gasteiger partial charge on any atom is 0.349 e. The molecule has 0 unspecified atom stereocenters. The van der Waals surface area contributed by atoms with E-state index in [1.165, 1.54) is 31.2 Å². The Morgan fingerprint density at radius 2 is 1.71 bits per heavy atom. The highest BCUT2D eigenvalue weighted by molar-refractivity contribution is 5.97. The molecular weight excluding hydrogens is 450 g/mol. The van der Waals surface area contributed by atoms with Gasteiger partial charge in [0.15, 0.2) is 0 Å². The van der Waals surface area contributed by atoms with Gasteiger partial charge < -0.3 is 14.5 Å². The molecular formula is C22H19N3O9. The summed E-state index contributed by atoms with van der Waals surface area (Å²) < 4.78 is 10.4. The summed E-state index contributed by atoms with van der Waals surface area (Å²) in [5.41, 5.74) is -2.83. The second kappa shape index (κ2) is 9.90. The topological polar surface area (TPSA) is 172 Å². The van der Waals surface area contributed by atoms with Gasteiger partial charge in [-0.1, -0.05) is 13.3 Å². The molecule has 34 heavy (non-hydrogen) atoms. The number of rotatable bonds is 8. The molecule has 1 aromatic heterocycles.